The summed E-state index contributed by atoms with van der Waals surface area (Å²) in [5, 5.41) is 2.68. The minimum Gasteiger partial charge on any atom is -0.452 e. The van der Waals surface area contributed by atoms with E-state index >= 15 is 0 Å². The molecule has 0 bridgehead atoms. The minimum absolute atomic E-state index is 0.179. The largest absolute Gasteiger partial charge is 0.452 e. The molecule has 0 spiro atoms. The third kappa shape index (κ3) is 4.26. The Morgan fingerprint density at radius 3 is 2.73 bits per heavy atom. The summed E-state index contributed by atoms with van der Waals surface area (Å²) in [4.78, 5) is 27.1. The number of nitrogens with one attached hydrogen (secondary N) is 1. The first-order valence-electron chi connectivity index (χ1n) is 6.30. The summed E-state index contributed by atoms with van der Waals surface area (Å²) in [6.07, 6.45) is 1.25. The second-order valence-electron chi connectivity index (χ2n) is 4.46. The number of anilines is 1. The molecular weight excluding hydrogens is 311 g/mol. The van der Waals surface area contributed by atoms with Crippen LogP contribution >= 0.6 is 11.6 Å². The SMILES string of the molecule is Cc1ccc(NC(=O)COC(=O)c2ccc(Cl)nc2)cc1F. The van der Waals surface area contributed by atoms with Crippen molar-refractivity contribution in [2.45, 2.75) is 6.92 Å². The number of pyridine rings is 1. The standard InChI is InChI=1S/C15H12ClFN2O3/c1-9-2-4-11(6-12(9)17)19-14(20)8-22-15(21)10-3-5-13(16)18-7-10/h2-7H,8H2,1H3,(H,19,20). The number of rotatable bonds is 4. The molecule has 0 saturated carbocycles. The van der Waals surface area contributed by atoms with Crippen LogP contribution in [0.25, 0.3) is 0 Å². The van der Waals surface area contributed by atoms with Crippen molar-refractivity contribution in [3.63, 3.8) is 0 Å². The van der Waals surface area contributed by atoms with E-state index in [2.05, 4.69) is 10.3 Å². The Bertz CT molecular complexity index is 704. The summed E-state index contributed by atoms with van der Waals surface area (Å²) in [7, 11) is 0. The summed E-state index contributed by atoms with van der Waals surface area (Å²) in [6.45, 7) is 1.12. The second-order valence-corrected chi connectivity index (χ2v) is 4.85. The number of hydrogen-bond donors (Lipinski definition) is 1. The van der Waals surface area contributed by atoms with E-state index in [1.807, 2.05) is 0 Å². The molecule has 0 aliphatic heterocycles. The van der Waals surface area contributed by atoms with Gasteiger partial charge in [-0.3, -0.25) is 4.79 Å². The maximum absolute atomic E-state index is 13.3. The molecule has 0 unspecified atom stereocenters. The molecule has 0 radical (unpaired) electrons. The fourth-order valence-corrected chi connectivity index (χ4v) is 1.69. The highest BCUT2D eigenvalue weighted by molar-refractivity contribution is 6.29. The molecule has 114 valence electrons. The lowest BCUT2D eigenvalue weighted by molar-refractivity contribution is -0.119. The van der Waals surface area contributed by atoms with Crippen LogP contribution < -0.4 is 5.32 Å². The fraction of sp³-hybridized carbons (Fsp3) is 0.133. The zero-order chi connectivity index (χ0) is 16.1. The number of nitrogens with zero attached hydrogens (tertiary/aromatic N) is 1. The van der Waals surface area contributed by atoms with Crippen molar-refractivity contribution in [2.75, 3.05) is 11.9 Å². The third-order valence-corrected chi connectivity index (χ3v) is 2.98. The molecule has 0 aliphatic rings. The van der Waals surface area contributed by atoms with Crippen molar-refractivity contribution in [1.29, 1.82) is 0 Å². The number of aryl methyl sites for hydroxylation is 1. The van der Waals surface area contributed by atoms with Crippen LogP contribution in [0.15, 0.2) is 36.5 Å². The predicted octanol–water partition coefficient (Wildman–Crippen LogP) is 2.98. The summed E-state index contributed by atoms with van der Waals surface area (Å²) in [5.41, 5.74) is 0.940. The minimum atomic E-state index is -0.700. The second kappa shape index (κ2) is 7.00. The van der Waals surface area contributed by atoms with Gasteiger partial charge in [-0.15, -0.1) is 0 Å². The number of benzene rings is 1. The van der Waals surface area contributed by atoms with Gasteiger partial charge in [-0.25, -0.2) is 14.2 Å². The average Bonchev–Trinajstić information content (AvgIpc) is 2.49. The Labute approximate surface area is 131 Å². The van der Waals surface area contributed by atoms with Crippen molar-refractivity contribution < 1.29 is 18.7 Å². The van der Waals surface area contributed by atoms with Crippen molar-refractivity contribution in [3.05, 3.63) is 58.6 Å². The first-order valence-corrected chi connectivity index (χ1v) is 6.68. The number of carbonyl (C=O) groups is 2. The topological polar surface area (TPSA) is 68.3 Å². The highest BCUT2D eigenvalue weighted by Crippen LogP contribution is 2.13. The Kier molecular flexibility index (Phi) is 5.06. The van der Waals surface area contributed by atoms with E-state index in [0.717, 1.165) is 0 Å². The Hall–Kier alpha value is -2.47. The molecule has 22 heavy (non-hydrogen) atoms. The Balaban J connectivity index is 1.88. The molecular formula is C15H12ClFN2O3. The van der Waals surface area contributed by atoms with E-state index in [9.17, 15) is 14.0 Å². The van der Waals surface area contributed by atoms with E-state index in [0.29, 0.717) is 5.56 Å². The van der Waals surface area contributed by atoms with Crippen LogP contribution in [0, 0.1) is 12.7 Å². The van der Waals surface area contributed by atoms with E-state index in [4.69, 9.17) is 16.3 Å². The Morgan fingerprint density at radius 2 is 2.09 bits per heavy atom. The molecule has 2 rings (SSSR count). The predicted molar refractivity (Wildman–Crippen MR) is 79.3 cm³/mol. The van der Waals surface area contributed by atoms with Gasteiger partial charge in [0.2, 0.25) is 0 Å². The number of amides is 1. The van der Waals surface area contributed by atoms with Crippen LogP contribution in [0.4, 0.5) is 10.1 Å². The molecule has 0 aliphatic carbocycles. The van der Waals surface area contributed by atoms with Crippen molar-refractivity contribution >= 4 is 29.2 Å². The van der Waals surface area contributed by atoms with Crippen LogP contribution in [-0.4, -0.2) is 23.5 Å². The highest BCUT2D eigenvalue weighted by Gasteiger charge is 2.11. The van der Waals surface area contributed by atoms with Crippen LogP contribution in [0.1, 0.15) is 15.9 Å². The fourth-order valence-electron chi connectivity index (χ4n) is 1.58. The van der Waals surface area contributed by atoms with E-state index in [-0.39, 0.29) is 16.4 Å². The molecule has 7 heteroatoms. The van der Waals surface area contributed by atoms with Gasteiger partial charge < -0.3 is 10.1 Å². The van der Waals surface area contributed by atoms with Gasteiger partial charge in [-0.1, -0.05) is 17.7 Å². The zero-order valence-corrected chi connectivity index (χ0v) is 12.4. The lowest BCUT2D eigenvalue weighted by Gasteiger charge is -2.07. The molecule has 0 fully saturated rings. The maximum Gasteiger partial charge on any atom is 0.340 e. The van der Waals surface area contributed by atoms with Crippen molar-refractivity contribution in [2.24, 2.45) is 0 Å². The number of esters is 1. The van der Waals surface area contributed by atoms with E-state index < -0.39 is 24.3 Å². The molecule has 1 aromatic carbocycles. The molecule has 1 amide bonds. The lowest BCUT2D eigenvalue weighted by Crippen LogP contribution is -2.21. The van der Waals surface area contributed by atoms with Gasteiger partial charge in [0.15, 0.2) is 6.61 Å². The average molecular weight is 323 g/mol. The van der Waals surface area contributed by atoms with Gasteiger partial charge in [-0.2, -0.15) is 0 Å². The molecule has 5 nitrogen and oxygen atoms in total. The summed E-state index contributed by atoms with van der Waals surface area (Å²) < 4.78 is 18.2. The van der Waals surface area contributed by atoms with Crippen molar-refractivity contribution in [3.8, 4) is 0 Å². The maximum atomic E-state index is 13.3. The van der Waals surface area contributed by atoms with Gasteiger partial charge in [0.1, 0.15) is 11.0 Å². The third-order valence-electron chi connectivity index (χ3n) is 2.75. The smallest absolute Gasteiger partial charge is 0.340 e. The van der Waals surface area contributed by atoms with Gasteiger partial charge in [-0.05, 0) is 36.8 Å². The molecule has 0 atom stereocenters. The highest BCUT2D eigenvalue weighted by atomic mass is 35.5. The van der Waals surface area contributed by atoms with Crippen LogP contribution in [0.5, 0.6) is 0 Å². The van der Waals surface area contributed by atoms with E-state index in [1.54, 1.807) is 13.0 Å². The number of hydrogen-bond acceptors (Lipinski definition) is 4. The van der Waals surface area contributed by atoms with Gasteiger partial charge in [0.25, 0.3) is 5.91 Å². The Morgan fingerprint density at radius 1 is 1.32 bits per heavy atom. The summed E-state index contributed by atoms with van der Waals surface area (Å²) in [6, 6.07) is 7.16. The van der Waals surface area contributed by atoms with Gasteiger partial charge in [0, 0.05) is 11.9 Å². The van der Waals surface area contributed by atoms with Gasteiger partial charge >= 0.3 is 5.97 Å². The van der Waals surface area contributed by atoms with Crippen molar-refractivity contribution in [1.82, 2.24) is 4.98 Å². The first-order chi connectivity index (χ1) is 10.5. The number of carbonyl (C=O) groups excluding carboxylic acids is 2. The number of halogens is 2. The quantitative estimate of drug-likeness (QED) is 0.694. The molecule has 0 saturated heterocycles. The van der Waals surface area contributed by atoms with Crippen LogP contribution in [-0.2, 0) is 9.53 Å². The van der Waals surface area contributed by atoms with Crippen LogP contribution in [0.2, 0.25) is 5.15 Å². The number of ether oxygens (including phenoxy) is 1. The molecule has 1 N–H and O–H groups in total. The number of aromatic nitrogens is 1. The van der Waals surface area contributed by atoms with Gasteiger partial charge in [0.05, 0.1) is 5.56 Å². The van der Waals surface area contributed by atoms with Crippen LogP contribution in [0.3, 0.4) is 0 Å². The normalized spacial score (nSPS) is 10.1. The zero-order valence-electron chi connectivity index (χ0n) is 11.6. The lowest BCUT2D eigenvalue weighted by atomic mass is 10.2. The monoisotopic (exact) mass is 322 g/mol. The summed E-state index contributed by atoms with van der Waals surface area (Å²) in [5.74, 6) is -1.70. The first kappa shape index (κ1) is 15.9. The molecule has 1 heterocycles. The molecule has 2 aromatic rings. The molecule has 1 aromatic heterocycles. The summed E-state index contributed by atoms with van der Waals surface area (Å²) >= 11 is 5.60. The van der Waals surface area contributed by atoms with E-state index in [1.165, 1.54) is 30.5 Å².